The van der Waals surface area contributed by atoms with Gasteiger partial charge in [0.25, 0.3) is 0 Å². The highest BCUT2D eigenvalue weighted by Crippen LogP contribution is 2.41. The number of methoxy groups -OCH3 is 1. The number of hydrogen-bond donors (Lipinski definition) is 0. The van der Waals surface area contributed by atoms with E-state index in [1.54, 1.807) is 0 Å². The molecule has 0 aliphatic carbocycles. The van der Waals surface area contributed by atoms with Crippen LogP contribution >= 0.6 is 0 Å². The monoisotopic (exact) mass is 304 g/mol. The zero-order valence-corrected chi connectivity index (χ0v) is 9.77. The summed E-state index contributed by atoms with van der Waals surface area (Å²) in [4.78, 5) is 11.3. The molecule has 0 bridgehead atoms. The summed E-state index contributed by atoms with van der Waals surface area (Å²) in [6, 6.07) is 1.67. The van der Waals surface area contributed by atoms with E-state index in [1.807, 2.05) is 0 Å². The molecule has 9 heteroatoms. The molecule has 112 valence electrons. The number of benzene rings is 1. The van der Waals surface area contributed by atoms with Gasteiger partial charge < -0.3 is 4.74 Å². The molecule has 1 aromatic rings. The van der Waals surface area contributed by atoms with Gasteiger partial charge in [0.05, 0.1) is 7.11 Å². The van der Waals surface area contributed by atoms with Crippen molar-refractivity contribution in [3.8, 4) is 5.75 Å². The van der Waals surface area contributed by atoms with Gasteiger partial charge in [-0.05, 0) is 18.2 Å². The van der Waals surface area contributed by atoms with Crippen molar-refractivity contribution in [2.24, 2.45) is 5.92 Å². The van der Waals surface area contributed by atoms with Gasteiger partial charge in [0, 0.05) is 5.56 Å². The number of rotatable bonds is 3. The maximum Gasteiger partial charge on any atom is 0.407 e. The lowest BCUT2D eigenvalue weighted by Gasteiger charge is -2.21. The van der Waals surface area contributed by atoms with Crippen LogP contribution in [-0.4, -0.2) is 25.2 Å². The molecule has 0 heterocycles. The van der Waals surface area contributed by atoms with E-state index in [1.165, 1.54) is 0 Å². The second-order valence-electron chi connectivity index (χ2n) is 3.73. The Morgan fingerprint density at radius 1 is 1.10 bits per heavy atom. The van der Waals surface area contributed by atoms with Crippen LogP contribution in [0.25, 0.3) is 0 Å². The van der Waals surface area contributed by atoms with E-state index in [-0.39, 0.29) is 6.07 Å². The van der Waals surface area contributed by atoms with Crippen molar-refractivity contribution >= 4 is 5.78 Å². The number of carbonyl (C=O) groups excluding carboxylic acids is 1. The molecular weight excluding hydrogens is 297 g/mol. The van der Waals surface area contributed by atoms with Crippen LogP contribution in [0.15, 0.2) is 18.2 Å². The quantitative estimate of drug-likeness (QED) is 0.628. The van der Waals surface area contributed by atoms with E-state index < -0.39 is 41.2 Å². The molecule has 1 aromatic carbocycles. The molecule has 0 saturated heterocycles. The summed E-state index contributed by atoms with van der Waals surface area (Å²) in [5.41, 5.74) is -1.04. The molecule has 0 N–H and O–H groups in total. The zero-order valence-electron chi connectivity index (χ0n) is 9.77. The Kier molecular flexibility index (Phi) is 4.30. The number of carbonyl (C=O) groups is 1. The van der Waals surface area contributed by atoms with Crippen LogP contribution < -0.4 is 4.74 Å². The molecule has 0 saturated carbocycles. The largest absolute Gasteiger partial charge is 0.494 e. The fraction of sp³-hybridized carbons (Fsp3) is 0.364. The molecule has 0 aromatic heterocycles. The summed E-state index contributed by atoms with van der Waals surface area (Å²) in [6.07, 6.45) is -11.6. The van der Waals surface area contributed by atoms with Crippen LogP contribution in [0.3, 0.4) is 0 Å². The molecular formula is C11H7F7O2. The van der Waals surface area contributed by atoms with Gasteiger partial charge in [0.1, 0.15) is 0 Å². The van der Waals surface area contributed by atoms with Crippen LogP contribution in [0.5, 0.6) is 5.75 Å². The smallest absolute Gasteiger partial charge is 0.407 e. The lowest BCUT2D eigenvalue weighted by molar-refractivity contribution is -0.264. The molecule has 0 aliphatic rings. The lowest BCUT2D eigenvalue weighted by Crippen LogP contribution is -2.42. The number of ketones is 1. The van der Waals surface area contributed by atoms with Crippen LogP contribution in [0, 0.1) is 11.7 Å². The molecule has 0 aliphatic heterocycles. The molecule has 1 rings (SSSR count). The summed E-state index contributed by atoms with van der Waals surface area (Å²) in [7, 11) is 1.05. The second-order valence-corrected chi connectivity index (χ2v) is 3.73. The highest BCUT2D eigenvalue weighted by molar-refractivity contribution is 5.99. The molecule has 20 heavy (non-hydrogen) atoms. The van der Waals surface area contributed by atoms with Gasteiger partial charge in [-0.2, -0.15) is 26.3 Å². The highest BCUT2D eigenvalue weighted by Gasteiger charge is 2.60. The second kappa shape index (κ2) is 5.29. The molecule has 0 fully saturated rings. The van der Waals surface area contributed by atoms with E-state index >= 15 is 0 Å². The van der Waals surface area contributed by atoms with Gasteiger partial charge in [-0.1, -0.05) is 0 Å². The van der Waals surface area contributed by atoms with Crippen molar-refractivity contribution in [3.63, 3.8) is 0 Å². The average molecular weight is 304 g/mol. The van der Waals surface area contributed by atoms with Gasteiger partial charge in [-0.25, -0.2) is 4.39 Å². The fourth-order valence-electron chi connectivity index (χ4n) is 1.47. The third-order valence-corrected chi connectivity index (χ3v) is 2.35. The number of alkyl halides is 6. The summed E-state index contributed by atoms with van der Waals surface area (Å²) < 4.78 is 91.7. The first kappa shape index (κ1) is 16.3. The zero-order chi connectivity index (χ0) is 15.7. The Morgan fingerprint density at radius 2 is 1.60 bits per heavy atom. The number of ether oxygens (including phenoxy) is 1. The van der Waals surface area contributed by atoms with Crippen LogP contribution in [0.4, 0.5) is 30.7 Å². The van der Waals surface area contributed by atoms with Crippen molar-refractivity contribution in [3.05, 3.63) is 29.6 Å². The fourth-order valence-corrected chi connectivity index (χ4v) is 1.47. The van der Waals surface area contributed by atoms with Crippen LogP contribution in [0.2, 0.25) is 0 Å². The summed E-state index contributed by atoms with van der Waals surface area (Å²) >= 11 is 0. The first-order valence-corrected chi connectivity index (χ1v) is 4.99. The molecule has 0 amide bonds. The van der Waals surface area contributed by atoms with Gasteiger partial charge in [-0.3, -0.25) is 4.79 Å². The van der Waals surface area contributed by atoms with Crippen LogP contribution in [-0.2, 0) is 0 Å². The molecule has 2 nitrogen and oxygen atoms in total. The van der Waals surface area contributed by atoms with Gasteiger partial charge >= 0.3 is 12.4 Å². The Morgan fingerprint density at radius 3 is 1.95 bits per heavy atom. The highest BCUT2D eigenvalue weighted by atomic mass is 19.4. The van der Waals surface area contributed by atoms with E-state index in [0.717, 1.165) is 13.2 Å². The summed E-state index contributed by atoms with van der Waals surface area (Å²) in [5, 5.41) is 0. The van der Waals surface area contributed by atoms with E-state index in [0.29, 0.717) is 6.07 Å². The Hall–Kier alpha value is -1.80. The SMILES string of the molecule is COc1ccc(C(=O)C(C(F)(F)F)C(F)(F)F)cc1F. The summed E-state index contributed by atoms with van der Waals surface area (Å²) in [6.45, 7) is 0. The normalized spacial score (nSPS) is 12.7. The third-order valence-electron chi connectivity index (χ3n) is 2.35. The Labute approximate surface area is 108 Å². The van der Waals surface area contributed by atoms with Gasteiger partial charge in [0.2, 0.25) is 5.92 Å². The van der Waals surface area contributed by atoms with Crippen molar-refractivity contribution in [1.82, 2.24) is 0 Å². The number of halogens is 7. The summed E-state index contributed by atoms with van der Waals surface area (Å²) in [5.74, 6) is -8.10. The minimum Gasteiger partial charge on any atom is -0.494 e. The maximum absolute atomic E-state index is 13.2. The van der Waals surface area contributed by atoms with E-state index in [4.69, 9.17) is 0 Å². The van der Waals surface area contributed by atoms with Crippen molar-refractivity contribution < 1.29 is 40.3 Å². The minimum absolute atomic E-state index is 0.269. The van der Waals surface area contributed by atoms with E-state index in [2.05, 4.69) is 4.74 Å². The predicted octanol–water partition coefficient (Wildman–Crippen LogP) is 3.76. The Balaban J connectivity index is 3.24. The third kappa shape index (κ3) is 3.40. The number of hydrogen-bond acceptors (Lipinski definition) is 2. The standard InChI is InChI=1S/C11H7F7O2/c1-20-7-3-2-5(4-6(7)12)8(19)9(10(13,14)15)11(16,17)18/h2-4,9H,1H3. The van der Waals surface area contributed by atoms with Crippen molar-refractivity contribution in [2.45, 2.75) is 12.4 Å². The molecule has 0 unspecified atom stereocenters. The van der Waals surface area contributed by atoms with Crippen molar-refractivity contribution in [2.75, 3.05) is 7.11 Å². The van der Waals surface area contributed by atoms with Gasteiger partial charge in [-0.15, -0.1) is 0 Å². The van der Waals surface area contributed by atoms with E-state index in [9.17, 15) is 35.5 Å². The van der Waals surface area contributed by atoms with Crippen molar-refractivity contribution in [1.29, 1.82) is 0 Å². The lowest BCUT2D eigenvalue weighted by atomic mass is 9.96. The van der Waals surface area contributed by atoms with Crippen LogP contribution in [0.1, 0.15) is 10.4 Å². The predicted molar refractivity (Wildman–Crippen MR) is 52.9 cm³/mol. The minimum atomic E-state index is -5.81. The average Bonchev–Trinajstić information content (AvgIpc) is 2.24. The Bertz CT molecular complexity index is 490. The maximum atomic E-state index is 13.2. The molecule has 0 spiro atoms. The first-order valence-electron chi connectivity index (χ1n) is 4.99. The first-order chi connectivity index (χ1) is 8.98. The molecule has 0 atom stereocenters. The topological polar surface area (TPSA) is 26.3 Å². The molecule has 0 radical (unpaired) electrons. The number of Topliss-reactive ketones (excluding diaryl/α,β-unsaturated/α-hetero) is 1. The van der Waals surface area contributed by atoms with Gasteiger partial charge in [0.15, 0.2) is 17.3 Å².